The third-order valence-corrected chi connectivity index (χ3v) is 3.61. The summed E-state index contributed by atoms with van der Waals surface area (Å²) in [5.74, 6) is 0.385. The Balaban J connectivity index is 1.85. The molecule has 0 aliphatic heterocycles. The number of para-hydroxylation sites is 1. The van der Waals surface area contributed by atoms with Crippen molar-refractivity contribution < 1.29 is 14.6 Å². The minimum absolute atomic E-state index is 0.132. The number of aryl methyl sites for hydroxylation is 1. The number of benzene rings is 2. The number of allylic oxidation sites excluding steroid dienone is 1. The molecule has 0 bridgehead atoms. The molecule has 0 aliphatic carbocycles. The Bertz CT molecular complexity index is 752. The summed E-state index contributed by atoms with van der Waals surface area (Å²) in [5, 5.41) is 14.0. The Morgan fingerprint density at radius 1 is 1.28 bits per heavy atom. The summed E-state index contributed by atoms with van der Waals surface area (Å²) in [7, 11) is 0. The maximum atomic E-state index is 11.8. The molecule has 5 heteroatoms. The molecule has 2 aromatic carbocycles. The molecular weight excluding hydrogens is 316 g/mol. The number of phenols is 1. The summed E-state index contributed by atoms with van der Waals surface area (Å²) in [6, 6.07) is 12.9. The van der Waals surface area contributed by atoms with Gasteiger partial charge in [0.2, 0.25) is 0 Å². The summed E-state index contributed by atoms with van der Waals surface area (Å²) in [5.41, 5.74) is 4.86. The Hall–Kier alpha value is -3.08. The first-order valence-electron chi connectivity index (χ1n) is 8.09. The summed E-state index contributed by atoms with van der Waals surface area (Å²) in [6.45, 7) is 5.59. The SMILES string of the molecule is C=CCc1cccc(/C=N\NC(=O)COc2ccc(CC)cc2)c1O. The van der Waals surface area contributed by atoms with E-state index in [0.29, 0.717) is 17.7 Å². The molecule has 0 spiro atoms. The van der Waals surface area contributed by atoms with Gasteiger partial charge >= 0.3 is 0 Å². The normalized spacial score (nSPS) is 10.6. The summed E-state index contributed by atoms with van der Waals surface area (Å²) in [6.07, 6.45) is 4.62. The zero-order valence-electron chi connectivity index (χ0n) is 14.2. The smallest absolute Gasteiger partial charge is 0.277 e. The van der Waals surface area contributed by atoms with Crippen LogP contribution >= 0.6 is 0 Å². The van der Waals surface area contributed by atoms with Gasteiger partial charge < -0.3 is 9.84 Å². The second-order valence-corrected chi connectivity index (χ2v) is 5.43. The number of ether oxygens (including phenoxy) is 1. The quantitative estimate of drug-likeness (QED) is 0.441. The van der Waals surface area contributed by atoms with Crippen LogP contribution in [0.5, 0.6) is 11.5 Å². The molecule has 0 saturated heterocycles. The molecular formula is C20H22N2O3. The van der Waals surface area contributed by atoms with E-state index in [0.717, 1.165) is 12.0 Å². The molecule has 5 nitrogen and oxygen atoms in total. The van der Waals surface area contributed by atoms with Crippen molar-refractivity contribution in [3.8, 4) is 11.5 Å². The summed E-state index contributed by atoms with van der Waals surface area (Å²) >= 11 is 0. The van der Waals surface area contributed by atoms with Gasteiger partial charge in [0.1, 0.15) is 11.5 Å². The largest absolute Gasteiger partial charge is 0.507 e. The maximum absolute atomic E-state index is 11.8. The molecule has 0 heterocycles. The number of hydrogen-bond acceptors (Lipinski definition) is 4. The van der Waals surface area contributed by atoms with Crippen LogP contribution in [0, 0.1) is 0 Å². The van der Waals surface area contributed by atoms with Gasteiger partial charge in [-0.2, -0.15) is 5.10 Å². The summed E-state index contributed by atoms with van der Waals surface area (Å²) in [4.78, 5) is 11.8. The van der Waals surface area contributed by atoms with E-state index in [4.69, 9.17) is 4.74 Å². The van der Waals surface area contributed by atoms with E-state index >= 15 is 0 Å². The van der Waals surface area contributed by atoms with Crippen molar-refractivity contribution >= 4 is 12.1 Å². The van der Waals surface area contributed by atoms with Crippen molar-refractivity contribution in [2.75, 3.05) is 6.61 Å². The van der Waals surface area contributed by atoms with Crippen LogP contribution in [-0.4, -0.2) is 23.8 Å². The van der Waals surface area contributed by atoms with Crippen LogP contribution in [0.2, 0.25) is 0 Å². The van der Waals surface area contributed by atoms with E-state index < -0.39 is 0 Å². The lowest BCUT2D eigenvalue weighted by molar-refractivity contribution is -0.123. The Morgan fingerprint density at radius 3 is 2.72 bits per heavy atom. The fraction of sp³-hybridized carbons (Fsp3) is 0.200. The van der Waals surface area contributed by atoms with Crippen molar-refractivity contribution in [3.63, 3.8) is 0 Å². The lowest BCUT2D eigenvalue weighted by Crippen LogP contribution is -2.24. The number of aromatic hydroxyl groups is 1. The van der Waals surface area contributed by atoms with Crippen LogP contribution in [-0.2, 0) is 17.6 Å². The Labute approximate surface area is 147 Å². The van der Waals surface area contributed by atoms with Crippen LogP contribution in [0.15, 0.2) is 60.2 Å². The molecule has 2 rings (SSSR count). The second-order valence-electron chi connectivity index (χ2n) is 5.43. The highest BCUT2D eigenvalue weighted by Crippen LogP contribution is 2.21. The van der Waals surface area contributed by atoms with E-state index in [-0.39, 0.29) is 18.3 Å². The Kier molecular flexibility index (Phi) is 6.77. The minimum atomic E-state index is -0.377. The molecule has 0 atom stereocenters. The molecule has 0 unspecified atom stereocenters. The fourth-order valence-electron chi connectivity index (χ4n) is 2.21. The Morgan fingerprint density at radius 2 is 2.04 bits per heavy atom. The highest BCUT2D eigenvalue weighted by molar-refractivity contribution is 5.86. The van der Waals surface area contributed by atoms with Crippen LogP contribution < -0.4 is 10.2 Å². The van der Waals surface area contributed by atoms with Crippen molar-refractivity contribution in [1.29, 1.82) is 0 Å². The van der Waals surface area contributed by atoms with Crippen LogP contribution in [0.25, 0.3) is 0 Å². The van der Waals surface area contributed by atoms with E-state index in [1.165, 1.54) is 11.8 Å². The average molecular weight is 338 g/mol. The second kappa shape index (κ2) is 9.27. The number of amides is 1. The van der Waals surface area contributed by atoms with Crippen LogP contribution in [0.4, 0.5) is 0 Å². The van der Waals surface area contributed by atoms with Gasteiger partial charge in [-0.15, -0.1) is 6.58 Å². The van der Waals surface area contributed by atoms with Gasteiger partial charge in [0, 0.05) is 5.56 Å². The molecule has 2 aromatic rings. The molecule has 0 saturated carbocycles. The standard InChI is InChI=1S/C20H22N2O3/c1-3-6-16-7-5-8-17(20(16)24)13-21-22-19(23)14-25-18-11-9-15(4-2)10-12-18/h3,5,7-13,24H,1,4,6,14H2,2H3,(H,22,23)/b21-13-. The molecule has 0 aliphatic rings. The van der Waals surface area contributed by atoms with Gasteiger partial charge in [-0.1, -0.05) is 37.3 Å². The predicted molar refractivity (Wildman–Crippen MR) is 99.1 cm³/mol. The fourth-order valence-corrected chi connectivity index (χ4v) is 2.21. The van der Waals surface area contributed by atoms with Gasteiger partial charge in [0.05, 0.1) is 6.21 Å². The molecule has 1 amide bonds. The molecule has 0 fully saturated rings. The zero-order chi connectivity index (χ0) is 18.1. The number of phenolic OH excluding ortho intramolecular Hbond substituents is 1. The van der Waals surface area contributed by atoms with E-state index in [1.807, 2.05) is 36.4 Å². The molecule has 130 valence electrons. The average Bonchev–Trinajstić information content (AvgIpc) is 2.63. The number of nitrogens with zero attached hydrogens (tertiary/aromatic N) is 1. The molecule has 25 heavy (non-hydrogen) atoms. The van der Waals surface area contributed by atoms with E-state index in [2.05, 4.69) is 24.0 Å². The first kappa shape index (κ1) is 18.3. The topological polar surface area (TPSA) is 70.9 Å². The van der Waals surface area contributed by atoms with Gasteiger partial charge in [-0.05, 0) is 42.2 Å². The third-order valence-electron chi connectivity index (χ3n) is 3.61. The van der Waals surface area contributed by atoms with Crippen molar-refractivity contribution in [3.05, 3.63) is 71.8 Å². The first-order valence-corrected chi connectivity index (χ1v) is 8.09. The number of carbonyl (C=O) groups is 1. The number of hydrazone groups is 1. The van der Waals surface area contributed by atoms with Gasteiger partial charge in [-0.25, -0.2) is 5.43 Å². The third kappa shape index (κ3) is 5.49. The predicted octanol–water partition coefficient (Wildman–Crippen LogP) is 3.21. The maximum Gasteiger partial charge on any atom is 0.277 e. The van der Waals surface area contributed by atoms with Crippen molar-refractivity contribution in [2.45, 2.75) is 19.8 Å². The minimum Gasteiger partial charge on any atom is -0.507 e. The van der Waals surface area contributed by atoms with Crippen molar-refractivity contribution in [2.24, 2.45) is 5.10 Å². The van der Waals surface area contributed by atoms with Crippen molar-refractivity contribution in [1.82, 2.24) is 5.43 Å². The van der Waals surface area contributed by atoms with Crippen LogP contribution in [0.1, 0.15) is 23.6 Å². The van der Waals surface area contributed by atoms with Gasteiger partial charge in [-0.3, -0.25) is 4.79 Å². The molecule has 0 radical (unpaired) electrons. The van der Waals surface area contributed by atoms with Gasteiger partial charge in [0.25, 0.3) is 5.91 Å². The monoisotopic (exact) mass is 338 g/mol. The van der Waals surface area contributed by atoms with E-state index in [1.54, 1.807) is 12.1 Å². The first-order chi connectivity index (χ1) is 12.1. The number of rotatable bonds is 8. The van der Waals surface area contributed by atoms with E-state index in [9.17, 15) is 9.90 Å². The lowest BCUT2D eigenvalue weighted by atomic mass is 10.1. The lowest BCUT2D eigenvalue weighted by Gasteiger charge is -2.06. The highest BCUT2D eigenvalue weighted by Gasteiger charge is 2.05. The van der Waals surface area contributed by atoms with Crippen LogP contribution in [0.3, 0.4) is 0 Å². The number of hydrogen-bond donors (Lipinski definition) is 2. The molecule has 2 N–H and O–H groups in total. The number of nitrogens with one attached hydrogen (secondary N) is 1. The van der Waals surface area contributed by atoms with Gasteiger partial charge in [0.15, 0.2) is 6.61 Å². The summed E-state index contributed by atoms with van der Waals surface area (Å²) < 4.78 is 5.40. The molecule has 0 aromatic heterocycles. The zero-order valence-corrected chi connectivity index (χ0v) is 14.2. The number of carbonyl (C=O) groups excluding carboxylic acids is 1. The highest BCUT2D eigenvalue weighted by atomic mass is 16.5.